The van der Waals surface area contributed by atoms with E-state index in [1.807, 2.05) is 7.05 Å². The Hall–Kier alpha value is -0.650. The maximum absolute atomic E-state index is 10.9. The van der Waals surface area contributed by atoms with E-state index >= 15 is 0 Å². The van der Waals surface area contributed by atoms with Crippen LogP contribution in [0.4, 0.5) is 0 Å². The molecule has 0 aromatic rings. The van der Waals surface area contributed by atoms with Crippen LogP contribution < -0.4 is 5.32 Å². The molecule has 5 nitrogen and oxygen atoms in total. The molecule has 1 heterocycles. The Bertz CT molecular complexity index is 227. The maximum Gasteiger partial charge on any atom is 0.322 e. The van der Waals surface area contributed by atoms with Gasteiger partial charge in [-0.25, -0.2) is 0 Å². The third kappa shape index (κ3) is 3.73. The van der Waals surface area contributed by atoms with Crippen molar-refractivity contribution in [3.05, 3.63) is 0 Å². The number of likely N-dealkylation sites (N-methyl/N-ethyl adjacent to an activating group) is 2. The van der Waals surface area contributed by atoms with Crippen LogP contribution in [0, 0.1) is 0 Å². The number of aliphatic carboxylic acids is 1. The number of hydrogen-bond acceptors (Lipinski definition) is 4. The van der Waals surface area contributed by atoms with E-state index in [-0.39, 0.29) is 0 Å². The summed E-state index contributed by atoms with van der Waals surface area (Å²) in [5, 5.41) is 11.8. The van der Waals surface area contributed by atoms with Crippen molar-refractivity contribution in [1.82, 2.24) is 15.1 Å². The van der Waals surface area contributed by atoms with Crippen molar-refractivity contribution in [2.45, 2.75) is 24.9 Å². The largest absolute Gasteiger partial charge is 0.480 e. The first kappa shape index (κ1) is 13.4. The van der Waals surface area contributed by atoms with Crippen LogP contribution in [0.25, 0.3) is 0 Å². The molecule has 1 saturated heterocycles. The fourth-order valence-electron chi connectivity index (χ4n) is 2.17. The maximum atomic E-state index is 10.9. The van der Waals surface area contributed by atoms with Crippen LogP contribution in [0.15, 0.2) is 0 Å². The molecule has 0 saturated carbocycles. The average Bonchev–Trinajstić information content (AvgIpc) is 2.26. The smallest absolute Gasteiger partial charge is 0.322 e. The first-order valence-corrected chi connectivity index (χ1v) is 5.83. The molecule has 1 atom stereocenters. The molecule has 1 fully saturated rings. The zero-order chi connectivity index (χ0) is 12.1. The average molecular weight is 229 g/mol. The normalized spacial score (nSPS) is 21.2. The van der Waals surface area contributed by atoms with Crippen LogP contribution in [0.1, 0.15) is 12.8 Å². The molecule has 1 aliphatic heterocycles. The van der Waals surface area contributed by atoms with Gasteiger partial charge < -0.3 is 20.2 Å². The lowest BCUT2D eigenvalue weighted by Gasteiger charge is -2.36. The van der Waals surface area contributed by atoms with Gasteiger partial charge in [0, 0.05) is 12.6 Å². The standard InChI is InChI=1S/C11H23N3O2/c1-12-10(11(15)16)8-14(3)9-4-6-13(2)7-5-9/h9-10,12H,4-8H2,1-3H3,(H,15,16). The van der Waals surface area contributed by atoms with Gasteiger partial charge in [0.25, 0.3) is 0 Å². The Morgan fingerprint density at radius 2 is 2.12 bits per heavy atom. The van der Waals surface area contributed by atoms with Crippen LogP contribution in [0.2, 0.25) is 0 Å². The molecule has 5 heteroatoms. The minimum absolute atomic E-state index is 0.468. The first-order valence-electron chi connectivity index (χ1n) is 5.83. The molecular weight excluding hydrogens is 206 g/mol. The van der Waals surface area contributed by atoms with Gasteiger partial charge in [-0.3, -0.25) is 4.79 Å². The second kappa shape index (κ2) is 6.18. The molecule has 0 radical (unpaired) electrons. The zero-order valence-electron chi connectivity index (χ0n) is 10.4. The van der Waals surface area contributed by atoms with Gasteiger partial charge in [-0.05, 0) is 47.1 Å². The molecule has 0 amide bonds. The van der Waals surface area contributed by atoms with Crippen LogP contribution in [0.3, 0.4) is 0 Å². The summed E-state index contributed by atoms with van der Waals surface area (Å²) in [7, 11) is 5.84. The van der Waals surface area contributed by atoms with Crippen molar-refractivity contribution in [3.8, 4) is 0 Å². The van der Waals surface area contributed by atoms with Gasteiger partial charge in [0.05, 0.1) is 0 Å². The summed E-state index contributed by atoms with van der Waals surface area (Å²) in [5.41, 5.74) is 0. The fourth-order valence-corrected chi connectivity index (χ4v) is 2.17. The second-order valence-electron chi connectivity index (χ2n) is 4.65. The number of hydrogen-bond donors (Lipinski definition) is 2. The molecule has 2 N–H and O–H groups in total. The summed E-state index contributed by atoms with van der Waals surface area (Å²) in [4.78, 5) is 15.4. The van der Waals surface area contributed by atoms with Gasteiger partial charge in [-0.15, -0.1) is 0 Å². The Morgan fingerprint density at radius 3 is 2.56 bits per heavy atom. The topological polar surface area (TPSA) is 55.8 Å². The quantitative estimate of drug-likeness (QED) is 0.677. The Labute approximate surface area is 97.4 Å². The Kier molecular flexibility index (Phi) is 5.18. The van der Waals surface area contributed by atoms with E-state index in [0.29, 0.717) is 12.6 Å². The van der Waals surface area contributed by atoms with Gasteiger partial charge in [0.2, 0.25) is 0 Å². The number of nitrogens with one attached hydrogen (secondary N) is 1. The molecule has 0 aromatic carbocycles. The molecule has 0 bridgehead atoms. The predicted octanol–water partition coefficient (Wildman–Crippen LogP) is -0.315. The minimum atomic E-state index is -0.776. The number of likely N-dealkylation sites (tertiary alicyclic amines) is 1. The molecule has 94 valence electrons. The summed E-state index contributed by atoms with van der Waals surface area (Å²) < 4.78 is 0. The molecule has 0 spiro atoms. The fraction of sp³-hybridized carbons (Fsp3) is 0.909. The summed E-state index contributed by atoms with van der Waals surface area (Å²) in [6.07, 6.45) is 2.26. The third-order valence-corrected chi connectivity index (χ3v) is 3.43. The Morgan fingerprint density at radius 1 is 1.56 bits per heavy atom. The SMILES string of the molecule is CNC(CN(C)C1CCN(C)CC1)C(=O)O. The number of rotatable bonds is 5. The third-order valence-electron chi connectivity index (χ3n) is 3.43. The highest BCUT2D eigenvalue weighted by atomic mass is 16.4. The first-order chi connectivity index (χ1) is 7.54. The van der Waals surface area contributed by atoms with Crippen molar-refractivity contribution in [2.75, 3.05) is 40.8 Å². The van der Waals surface area contributed by atoms with E-state index in [4.69, 9.17) is 5.11 Å². The van der Waals surface area contributed by atoms with Gasteiger partial charge in [0.1, 0.15) is 6.04 Å². The van der Waals surface area contributed by atoms with Crippen LogP contribution >= 0.6 is 0 Å². The summed E-state index contributed by atoms with van der Waals surface area (Å²) in [6, 6.07) is 0.0519. The monoisotopic (exact) mass is 229 g/mol. The number of piperidine rings is 1. The van der Waals surface area contributed by atoms with E-state index in [1.54, 1.807) is 7.05 Å². The van der Waals surface area contributed by atoms with Gasteiger partial charge in [0.15, 0.2) is 0 Å². The van der Waals surface area contributed by atoms with Crippen molar-refractivity contribution in [1.29, 1.82) is 0 Å². The Balaban J connectivity index is 2.39. The van der Waals surface area contributed by atoms with Crippen molar-refractivity contribution in [3.63, 3.8) is 0 Å². The van der Waals surface area contributed by atoms with E-state index in [9.17, 15) is 4.79 Å². The van der Waals surface area contributed by atoms with E-state index in [0.717, 1.165) is 25.9 Å². The minimum Gasteiger partial charge on any atom is -0.480 e. The summed E-state index contributed by atoms with van der Waals surface area (Å²) >= 11 is 0. The number of nitrogens with zero attached hydrogens (tertiary/aromatic N) is 2. The van der Waals surface area contributed by atoms with Crippen molar-refractivity contribution >= 4 is 5.97 Å². The van der Waals surface area contributed by atoms with E-state index in [1.165, 1.54) is 0 Å². The lowest BCUT2D eigenvalue weighted by atomic mass is 10.0. The van der Waals surface area contributed by atoms with Crippen LogP contribution in [0.5, 0.6) is 0 Å². The van der Waals surface area contributed by atoms with Crippen molar-refractivity contribution < 1.29 is 9.90 Å². The van der Waals surface area contributed by atoms with Gasteiger partial charge >= 0.3 is 5.97 Å². The predicted molar refractivity (Wildman–Crippen MR) is 63.6 cm³/mol. The number of carbonyl (C=O) groups is 1. The molecular formula is C11H23N3O2. The number of carboxylic acid groups (broad SMARTS) is 1. The lowest BCUT2D eigenvalue weighted by Crippen LogP contribution is -2.49. The molecule has 0 aromatic heterocycles. The second-order valence-corrected chi connectivity index (χ2v) is 4.65. The van der Waals surface area contributed by atoms with Crippen molar-refractivity contribution in [2.24, 2.45) is 0 Å². The summed E-state index contributed by atoms with van der Waals surface area (Å²) in [6.45, 7) is 2.78. The molecule has 0 aliphatic carbocycles. The number of carboxylic acids is 1. The molecule has 16 heavy (non-hydrogen) atoms. The van der Waals surface area contributed by atoms with Gasteiger partial charge in [-0.1, -0.05) is 0 Å². The highest BCUT2D eigenvalue weighted by Gasteiger charge is 2.24. The molecule has 1 rings (SSSR count). The van der Waals surface area contributed by atoms with Crippen LogP contribution in [-0.2, 0) is 4.79 Å². The van der Waals surface area contributed by atoms with E-state index in [2.05, 4.69) is 22.2 Å². The molecule has 1 unspecified atom stereocenters. The highest BCUT2D eigenvalue weighted by Crippen LogP contribution is 2.14. The zero-order valence-corrected chi connectivity index (χ0v) is 10.4. The van der Waals surface area contributed by atoms with Crippen LogP contribution in [-0.4, -0.2) is 73.7 Å². The molecule has 1 aliphatic rings. The summed E-state index contributed by atoms with van der Waals surface area (Å²) in [5.74, 6) is -0.776. The highest BCUT2D eigenvalue weighted by molar-refractivity contribution is 5.73. The van der Waals surface area contributed by atoms with E-state index < -0.39 is 12.0 Å². The lowest BCUT2D eigenvalue weighted by molar-refractivity contribution is -0.139. The van der Waals surface area contributed by atoms with Gasteiger partial charge in [-0.2, -0.15) is 0 Å².